The van der Waals surface area contributed by atoms with Crippen LogP contribution in [-0.2, 0) is 16.8 Å². The summed E-state index contributed by atoms with van der Waals surface area (Å²) in [4.78, 5) is 0. The normalized spacial score (nSPS) is 11.6. The summed E-state index contributed by atoms with van der Waals surface area (Å²) in [6.45, 7) is 3.70. The summed E-state index contributed by atoms with van der Waals surface area (Å²) >= 11 is 0. The highest BCUT2D eigenvalue weighted by atomic mass is 32.2. The van der Waals surface area contributed by atoms with E-state index in [0.717, 1.165) is 5.56 Å². The fraction of sp³-hybridized carbons (Fsp3) is 0.500. The van der Waals surface area contributed by atoms with Crippen LogP contribution in [-0.4, -0.2) is 28.7 Å². The molecule has 0 aliphatic carbocycles. The van der Waals surface area contributed by atoms with Gasteiger partial charge in [-0.25, -0.2) is 0 Å². The maximum absolute atomic E-state index is 11.6. The summed E-state index contributed by atoms with van der Waals surface area (Å²) in [5.41, 5.74) is 0.784. The van der Waals surface area contributed by atoms with Crippen molar-refractivity contribution in [3.8, 4) is 11.5 Å². The number of hydrogen-bond acceptors (Lipinski definition) is 4. The van der Waals surface area contributed by atoms with Crippen molar-refractivity contribution < 1.29 is 17.9 Å². The average Bonchev–Trinajstić information content (AvgIpc) is 2.34. The fourth-order valence-corrected chi connectivity index (χ4v) is 2.58. The molecule has 0 fully saturated rings. The molecule has 1 aromatic carbocycles. The van der Waals surface area contributed by atoms with Gasteiger partial charge in [-0.3, -0.25) is 0 Å². The summed E-state index contributed by atoms with van der Waals surface area (Å²) in [6.07, 6.45) is 0. The highest BCUT2D eigenvalue weighted by molar-refractivity contribution is 7.87. The largest absolute Gasteiger partial charge is 0.493 e. The molecule has 0 aromatic heterocycles. The predicted octanol–water partition coefficient (Wildman–Crippen LogP) is 1.04. The third-order valence-corrected chi connectivity index (χ3v) is 3.61. The van der Waals surface area contributed by atoms with Gasteiger partial charge in [0.15, 0.2) is 11.5 Å². The zero-order valence-corrected chi connectivity index (χ0v) is 12.4. The van der Waals surface area contributed by atoms with Crippen LogP contribution in [0.15, 0.2) is 18.2 Å². The Morgan fingerprint density at radius 1 is 1.16 bits per heavy atom. The maximum atomic E-state index is 11.6. The first-order valence-corrected chi connectivity index (χ1v) is 7.34. The quantitative estimate of drug-likeness (QED) is 0.786. The SMILES string of the molecule is COc1ccc(CNS(=O)(=O)NC(C)C)cc1OC. The van der Waals surface area contributed by atoms with E-state index in [1.807, 2.05) is 0 Å². The van der Waals surface area contributed by atoms with E-state index in [1.54, 1.807) is 39.2 Å². The summed E-state index contributed by atoms with van der Waals surface area (Å²) in [6, 6.07) is 5.09. The number of ether oxygens (including phenoxy) is 2. The van der Waals surface area contributed by atoms with Crippen molar-refractivity contribution >= 4 is 10.2 Å². The number of rotatable bonds is 7. The molecule has 1 rings (SSSR count). The highest BCUT2D eigenvalue weighted by Crippen LogP contribution is 2.27. The summed E-state index contributed by atoms with van der Waals surface area (Å²) < 4.78 is 38.4. The van der Waals surface area contributed by atoms with Gasteiger partial charge in [-0.15, -0.1) is 0 Å². The van der Waals surface area contributed by atoms with Crippen molar-refractivity contribution in [2.45, 2.75) is 26.4 Å². The topological polar surface area (TPSA) is 76.7 Å². The minimum atomic E-state index is -3.49. The Hall–Kier alpha value is -1.31. The Morgan fingerprint density at radius 3 is 2.32 bits per heavy atom. The monoisotopic (exact) mass is 288 g/mol. The molecule has 1 aromatic rings. The van der Waals surface area contributed by atoms with Crippen molar-refractivity contribution in [2.75, 3.05) is 14.2 Å². The number of nitrogens with one attached hydrogen (secondary N) is 2. The van der Waals surface area contributed by atoms with Gasteiger partial charge in [-0.05, 0) is 31.5 Å². The van der Waals surface area contributed by atoms with E-state index >= 15 is 0 Å². The molecular formula is C12H20N2O4S. The molecule has 7 heteroatoms. The Kier molecular flexibility index (Phi) is 5.59. The number of hydrogen-bond donors (Lipinski definition) is 2. The van der Waals surface area contributed by atoms with Crippen LogP contribution in [0, 0.1) is 0 Å². The second-order valence-corrected chi connectivity index (χ2v) is 5.82. The average molecular weight is 288 g/mol. The Bertz CT molecular complexity index is 514. The van der Waals surface area contributed by atoms with Gasteiger partial charge in [0.25, 0.3) is 10.2 Å². The molecular weight excluding hydrogens is 268 g/mol. The van der Waals surface area contributed by atoms with Gasteiger partial charge in [0, 0.05) is 12.6 Å². The second kappa shape index (κ2) is 6.74. The van der Waals surface area contributed by atoms with Gasteiger partial charge in [-0.1, -0.05) is 6.07 Å². The summed E-state index contributed by atoms with van der Waals surface area (Å²) in [5.74, 6) is 1.17. The third-order valence-electron chi connectivity index (χ3n) is 2.31. The molecule has 0 atom stereocenters. The van der Waals surface area contributed by atoms with Crippen LogP contribution in [0.3, 0.4) is 0 Å². The lowest BCUT2D eigenvalue weighted by Crippen LogP contribution is -2.39. The van der Waals surface area contributed by atoms with Crippen molar-refractivity contribution in [1.82, 2.24) is 9.44 Å². The molecule has 0 spiro atoms. The first-order valence-electron chi connectivity index (χ1n) is 5.85. The van der Waals surface area contributed by atoms with Crippen LogP contribution in [0.1, 0.15) is 19.4 Å². The first kappa shape index (κ1) is 15.7. The first-order chi connectivity index (χ1) is 8.88. The minimum Gasteiger partial charge on any atom is -0.493 e. The van der Waals surface area contributed by atoms with E-state index in [0.29, 0.717) is 11.5 Å². The minimum absolute atomic E-state index is 0.150. The van der Waals surface area contributed by atoms with Gasteiger partial charge in [0.2, 0.25) is 0 Å². The van der Waals surface area contributed by atoms with Crippen molar-refractivity contribution in [3.63, 3.8) is 0 Å². The van der Waals surface area contributed by atoms with E-state index in [2.05, 4.69) is 9.44 Å². The van der Waals surface area contributed by atoms with E-state index in [9.17, 15) is 8.42 Å². The van der Waals surface area contributed by atoms with Crippen molar-refractivity contribution in [3.05, 3.63) is 23.8 Å². The molecule has 0 amide bonds. The Labute approximate surface area is 114 Å². The van der Waals surface area contributed by atoms with Crippen LogP contribution < -0.4 is 18.9 Å². The molecule has 108 valence electrons. The molecule has 0 heterocycles. The zero-order valence-electron chi connectivity index (χ0n) is 11.6. The molecule has 2 N–H and O–H groups in total. The van der Waals surface area contributed by atoms with Gasteiger partial charge in [0.1, 0.15) is 0 Å². The van der Waals surface area contributed by atoms with Crippen LogP contribution >= 0.6 is 0 Å². The molecule has 0 aliphatic rings. The lowest BCUT2D eigenvalue weighted by molar-refractivity contribution is 0.354. The van der Waals surface area contributed by atoms with Gasteiger partial charge in [-0.2, -0.15) is 17.9 Å². The van der Waals surface area contributed by atoms with Crippen LogP contribution in [0.25, 0.3) is 0 Å². The lowest BCUT2D eigenvalue weighted by Gasteiger charge is -2.12. The molecule has 0 unspecified atom stereocenters. The van der Waals surface area contributed by atoms with E-state index in [1.165, 1.54) is 7.11 Å². The predicted molar refractivity (Wildman–Crippen MR) is 73.6 cm³/mol. The fourth-order valence-electron chi connectivity index (χ4n) is 1.52. The molecule has 0 saturated carbocycles. The molecule has 0 saturated heterocycles. The third kappa shape index (κ3) is 5.06. The molecule has 0 bridgehead atoms. The van der Waals surface area contributed by atoms with E-state index in [-0.39, 0.29) is 12.6 Å². The molecule has 6 nitrogen and oxygen atoms in total. The highest BCUT2D eigenvalue weighted by Gasteiger charge is 2.11. The smallest absolute Gasteiger partial charge is 0.277 e. The summed E-state index contributed by atoms with van der Waals surface area (Å²) in [7, 11) is -0.404. The van der Waals surface area contributed by atoms with E-state index in [4.69, 9.17) is 9.47 Å². The maximum Gasteiger partial charge on any atom is 0.277 e. The lowest BCUT2D eigenvalue weighted by atomic mass is 10.2. The van der Waals surface area contributed by atoms with Gasteiger partial charge < -0.3 is 9.47 Å². The molecule has 19 heavy (non-hydrogen) atoms. The van der Waals surface area contributed by atoms with Crippen LogP contribution in [0.2, 0.25) is 0 Å². The van der Waals surface area contributed by atoms with Crippen LogP contribution in [0.4, 0.5) is 0 Å². The van der Waals surface area contributed by atoms with Crippen LogP contribution in [0.5, 0.6) is 11.5 Å². The Morgan fingerprint density at radius 2 is 1.79 bits per heavy atom. The Balaban J connectivity index is 2.73. The molecule has 0 radical (unpaired) electrons. The number of benzene rings is 1. The van der Waals surface area contributed by atoms with Crippen molar-refractivity contribution in [1.29, 1.82) is 0 Å². The summed E-state index contributed by atoms with van der Waals surface area (Å²) in [5, 5.41) is 0. The van der Waals surface area contributed by atoms with Gasteiger partial charge >= 0.3 is 0 Å². The van der Waals surface area contributed by atoms with E-state index < -0.39 is 10.2 Å². The van der Waals surface area contributed by atoms with Gasteiger partial charge in [0.05, 0.1) is 14.2 Å². The second-order valence-electron chi connectivity index (χ2n) is 4.29. The standard InChI is InChI=1S/C12H20N2O4S/c1-9(2)14-19(15,16)13-8-10-5-6-11(17-3)12(7-10)18-4/h5-7,9,13-14H,8H2,1-4H3. The number of methoxy groups -OCH3 is 2. The van der Waals surface area contributed by atoms with Crippen molar-refractivity contribution in [2.24, 2.45) is 0 Å². The zero-order chi connectivity index (χ0) is 14.5. The molecule has 0 aliphatic heterocycles.